The Balaban J connectivity index is 1.55. The van der Waals surface area contributed by atoms with Crippen molar-refractivity contribution >= 4 is 5.91 Å². The summed E-state index contributed by atoms with van der Waals surface area (Å²) in [4.78, 5) is 14.6. The molecule has 1 saturated carbocycles. The molecule has 1 aromatic carbocycles. The fraction of sp³-hybridized carbons (Fsp3) is 0.588. The molecule has 0 unspecified atom stereocenters. The number of rotatable bonds is 3. The molecule has 1 saturated heterocycles. The molecular formula is C17H24N2O. The van der Waals surface area contributed by atoms with Crippen molar-refractivity contribution in [1.29, 1.82) is 0 Å². The van der Waals surface area contributed by atoms with E-state index >= 15 is 0 Å². The average molecular weight is 272 g/mol. The Bertz CT molecular complexity index is 459. The van der Waals surface area contributed by atoms with E-state index in [1.807, 2.05) is 0 Å². The molecule has 0 bridgehead atoms. The van der Waals surface area contributed by atoms with Gasteiger partial charge < -0.3 is 10.6 Å². The molecule has 1 aromatic rings. The van der Waals surface area contributed by atoms with Crippen LogP contribution in [0.1, 0.15) is 31.2 Å². The van der Waals surface area contributed by atoms with E-state index in [1.54, 1.807) is 0 Å². The number of nitrogens with zero attached hydrogens (tertiary/aromatic N) is 1. The largest absolute Gasteiger partial charge is 0.342 e. The minimum Gasteiger partial charge on any atom is -0.342 e. The van der Waals surface area contributed by atoms with Gasteiger partial charge >= 0.3 is 0 Å². The number of hydrogen-bond acceptors (Lipinski definition) is 2. The number of likely N-dealkylation sites (tertiary alicyclic amines) is 1. The van der Waals surface area contributed by atoms with E-state index in [0.717, 1.165) is 45.2 Å². The molecule has 1 aliphatic heterocycles. The van der Waals surface area contributed by atoms with Crippen molar-refractivity contribution < 1.29 is 4.79 Å². The lowest BCUT2D eigenvalue weighted by atomic mass is 9.99. The van der Waals surface area contributed by atoms with Gasteiger partial charge in [-0.3, -0.25) is 4.79 Å². The number of benzene rings is 1. The van der Waals surface area contributed by atoms with Gasteiger partial charge in [-0.2, -0.15) is 0 Å². The van der Waals surface area contributed by atoms with Crippen molar-refractivity contribution in [3.05, 3.63) is 35.9 Å². The highest BCUT2D eigenvalue weighted by Crippen LogP contribution is 2.29. The molecule has 3 rings (SSSR count). The summed E-state index contributed by atoms with van der Waals surface area (Å²) in [6, 6.07) is 10.7. The lowest BCUT2D eigenvalue weighted by Gasteiger charge is -2.23. The van der Waals surface area contributed by atoms with Gasteiger partial charge in [0.25, 0.3) is 0 Å². The first-order valence-electron chi connectivity index (χ1n) is 7.82. The van der Waals surface area contributed by atoms with Crippen LogP contribution < -0.4 is 5.73 Å². The second-order valence-electron chi connectivity index (χ2n) is 6.33. The maximum absolute atomic E-state index is 12.5. The van der Waals surface area contributed by atoms with Crippen molar-refractivity contribution in [1.82, 2.24) is 4.90 Å². The molecule has 1 aliphatic carbocycles. The monoisotopic (exact) mass is 272 g/mol. The summed E-state index contributed by atoms with van der Waals surface area (Å²) in [7, 11) is 0. The summed E-state index contributed by atoms with van der Waals surface area (Å²) < 4.78 is 0. The van der Waals surface area contributed by atoms with Gasteiger partial charge in [0, 0.05) is 19.1 Å². The number of carbonyl (C=O) groups is 1. The topological polar surface area (TPSA) is 46.3 Å². The van der Waals surface area contributed by atoms with Crippen molar-refractivity contribution in [2.24, 2.45) is 17.6 Å². The Kier molecular flexibility index (Phi) is 4.06. The predicted molar refractivity (Wildman–Crippen MR) is 80.1 cm³/mol. The zero-order valence-corrected chi connectivity index (χ0v) is 12.0. The Morgan fingerprint density at radius 3 is 2.70 bits per heavy atom. The van der Waals surface area contributed by atoms with Crippen molar-refractivity contribution in [2.45, 2.75) is 38.1 Å². The quantitative estimate of drug-likeness (QED) is 0.917. The van der Waals surface area contributed by atoms with Crippen LogP contribution in [0.3, 0.4) is 0 Å². The smallest absolute Gasteiger partial charge is 0.227 e. The first kappa shape index (κ1) is 13.6. The summed E-state index contributed by atoms with van der Waals surface area (Å²) in [6.07, 6.45) is 5.32. The first-order valence-corrected chi connectivity index (χ1v) is 7.82. The van der Waals surface area contributed by atoms with Gasteiger partial charge in [-0.15, -0.1) is 0 Å². The molecule has 1 amide bonds. The minimum atomic E-state index is 0.0884. The van der Waals surface area contributed by atoms with Gasteiger partial charge in [-0.25, -0.2) is 0 Å². The highest BCUT2D eigenvalue weighted by atomic mass is 16.2. The Morgan fingerprint density at radius 1 is 1.20 bits per heavy atom. The van der Waals surface area contributed by atoms with Crippen LogP contribution in [0.4, 0.5) is 0 Å². The van der Waals surface area contributed by atoms with Crippen molar-refractivity contribution in [3.63, 3.8) is 0 Å². The minimum absolute atomic E-state index is 0.0884. The summed E-state index contributed by atoms with van der Waals surface area (Å²) >= 11 is 0. The van der Waals surface area contributed by atoms with Crippen LogP contribution in [0.5, 0.6) is 0 Å². The second-order valence-corrected chi connectivity index (χ2v) is 6.33. The van der Waals surface area contributed by atoms with Crippen molar-refractivity contribution in [2.75, 3.05) is 13.1 Å². The second kappa shape index (κ2) is 5.96. The SMILES string of the molecule is N[C@@H]1CCC[C@H]1C(=O)N1CC[C@H](Cc2ccccc2)C1. The molecule has 0 radical (unpaired) electrons. The molecule has 1 heterocycles. The third-order valence-electron chi connectivity index (χ3n) is 4.85. The maximum atomic E-state index is 12.5. The third kappa shape index (κ3) is 2.88. The van der Waals surface area contributed by atoms with E-state index in [-0.39, 0.29) is 12.0 Å². The molecule has 2 aliphatic rings. The standard InChI is InChI=1S/C17H24N2O/c18-16-8-4-7-15(16)17(20)19-10-9-14(12-19)11-13-5-2-1-3-6-13/h1-3,5-6,14-16H,4,7-12,18H2/t14-,15-,16-/m1/s1. The van der Waals surface area contributed by atoms with Gasteiger partial charge in [0.1, 0.15) is 0 Å². The molecule has 108 valence electrons. The highest BCUT2D eigenvalue weighted by Gasteiger charge is 2.36. The van der Waals surface area contributed by atoms with E-state index in [1.165, 1.54) is 5.56 Å². The molecule has 3 nitrogen and oxygen atoms in total. The third-order valence-corrected chi connectivity index (χ3v) is 4.85. The number of carbonyl (C=O) groups excluding carboxylic acids is 1. The molecule has 3 heteroatoms. The maximum Gasteiger partial charge on any atom is 0.227 e. The van der Waals surface area contributed by atoms with Gasteiger partial charge in [0.15, 0.2) is 0 Å². The van der Waals surface area contributed by atoms with E-state index in [9.17, 15) is 4.79 Å². The van der Waals surface area contributed by atoms with E-state index in [0.29, 0.717) is 11.8 Å². The van der Waals surface area contributed by atoms with Gasteiger partial charge in [0.2, 0.25) is 5.91 Å². The lowest BCUT2D eigenvalue weighted by Crippen LogP contribution is -2.40. The molecule has 20 heavy (non-hydrogen) atoms. The fourth-order valence-corrected chi connectivity index (χ4v) is 3.68. The molecular weight excluding hydrogens is 248 g/mol. The van der Waals surface area contributed by atoms with Gasteiger partial charge in [-0.05, 0) is 37.2 Å². The molecule has 0 aromatic heterocycles. The molecule has 2 fully saturated rings. The summed E-state index contributed by atoms with van der Waals surface area (Å²) in [5, 5.41) is 0. The summed E-state index contributed by atoms with van der Waals surface area (Å²) in [5.74, 6) is 1.01. The predicted octanol–water partition coefficient (Wildman–Crippen LogP) is 2.21. The van der Waals surface area contributed by atoms with E-state index < -0.39 is 0 Å². The van der Waals surface area contributed by atoms with Crippen LogP contribution in [0.15, 0.2) is 30.3 Å². The zero-order valence-electron chi connectivity index (χ0n) is 12.0. The number of amides is 1. The summed E-state index contributed by atoms with van der Waals surface area (Å²) in [6.45, 7) is 1.83. The highest BCUT2D eigenvalue weighted by molar-refractivity contribution is 5.80. The van der Waals surface area contributed by atoms with Crippen LogP contribution >= 0.6 is 0 Å². The van der Waals surface area contributed by atoms with Gasteiger partial charge in [-0.1, -0.05) is 36.8 Å². The molecule has 2 N–H and O–H groups in total. The van der Waals surface area contributed by atoms with E-state index in [4.69, 9.17) is 5.73 Å². The van der Waals surface area contributed by atoms with E-state index in [2.05, 4.69) is 35.2 Å². The number of hydrogen-bond donors (Lipinski definition) is 1. The van der Waals surface area contributed by atoms with Gasteiger partial charge in [0.05, 0.1) is 5.92 Å². The number of nitrogens with two attached hydrogens (primary N) is 1. The first-order chi connectivity index (χ1) is 9.74. The van der Waals surface area contributed by atoms with Crippen LogP contribution in [-0.2, 0) is 11.2 Å². The average Bonchev–Trinajstić information content (AvgIpc) is 3.08. The van der Waals surface area contributed by atoms with Crippen LogP contribution in [-0.4, -0.2) is 29.9 Å². The lowest BCUT2D eigenvalue weighted by molar-refractivity contribution is -0.134. The van der Waals surface area contributed by atoms with Crippen LogP contribution in [0, 0.1) is 11.8 Å². The normalized spacial score (nSPS) is 29.9. The Morgan fingerprint density at radius 2 is 2.00 bits per heavy atom. The Labute approximate surface area is 121 Å². The van der Waals surface area contributed by atoms with Crippen LogP contribution in [0.2, 0.25) is 0 Å². The molecule has 3 atom stereocenters. The van der Waals surface area contributed by atoms with Crippen molar-refractivity contribution in [3.8, 4) is 0 Å². The van der Waals surface area contributed by atoms with Crippen LogP contribution in [0.25, 0.3) is 0 Å². The zero-order chi connectivity index (χ0) is 13.9. The fourth-order valence-electron chi connectivity index (χ4n) is 3.68. The molecule has 0 spiro atoms. The Hall–Kier alpha value is -1.35. The summed E-state index contributed by atoms with van der Waals surface area (Å²) in [5.41, 5.74) is 7.44.